The number of hydrogen-bond acceptors (Lipinski definition) is 5. The standard InChI is InChI=1S/C12H17NO5S/c1-12(2)9-7-8(18-19(15,16)13(3)4)5-6-10(9)17-11(12)14/h5-7,11,14H,1-4H3. The molecule has 0 fully saturated rings. The van der Waals surface area contributed by atoms with E-state index in [1.807, 2.05) is 13.8 Å². The molecule has 1 aromatic rings. The van der Waals surface area contributed by atoms with E-state index in [9.17, 15) is 13.5 Å². The molecular formula is C12H17NO5S. The third kappa shape index (κ3) is 2.41. The maximum absolute atomic E-state index is 11.6. The molecule has 1 atom stereocenters. The quantitative estimate of drug-likeness (QED) is 0.892. The van der Waals surface area contributed by atoms with Gasteiger partial charge in [0.1, 0.15) is 11.5 Å². The minimum Gasteiger partial charge on any atom is -0.464 e. The van der Waals surface area contributed by atoms with Gasteiger partial charge in [-0.2, -0.15) is 12.7 Å². The summed E-state index contributed by atoms with van der Waals surface area (Å²) in [6.07, 6.45) is -0.955. The lowest BCUT2D eigenvalue weighted by molar-refractivity contribution is -0.0450. The number of nitrogens with zero attached hydrogens (tertiary/aromatic N) is 1. The SMILES string of the molecule is CN(C)S(=O)(=O)Oc1ccc2c(c1)C(C)(C)C(O)O2. The lowest BCUT2D eigenvalue weighted by atomic mass is 9.85. The Morgan fingerprint density at radius 1 is 1.37 bits per heavy atom. The van der Waals surface area contributed by atoms with Crippen molar-refractivity contribution in [2.75, 3.05) is 14.1 Å². The zero-order valence-electron chi connectivity index (χ0n) is 11.2. The Bertz CT molecular complexity index is 594. The third-order valence-electron chi connectivity index (χ3n) is 3.15. The molecule has 1 unspecified atom stereocenters. The molecule has 0 saturated heterocycles. The smallest absolute Gasteiger partial charge is 0.384 e. The van der Waals surface area contributed by atoms with Crippen LogP contribution in [0.4, 0.5) is 0 Å². The Labute approximate surface area is 112 Å². The molecule has 106 valence electrons. The minimum absolute atomic E-state index is 0.193. The first-order valence-electron chi connectivity index (χ1n) is 5.76. The van der Waals surface area contributed by atoms with Crippen molar-refractivity contribution < 1.29 is 22.4 Å². The number of rotatable bonds is 3. The molecule has 1 heterocycles. The van der Waals surface area contributed by atoms with Gasteiger partial charge in [-0.15, -0.1) is 0 Å². The van der Waals surface area contributed by atoms with E-state index in [4.69, 9.17) is 8.92 Å². The zero-order chi connectivity index (χ0) is 14.4. The number of aliphatic hydroxyl groups excluding tert-OH is 1. The summed E-state index contributed by atoms with van der Waals surface area (Å²) < 4.78 is 34.6. The van der Waals surface area contributed by atoms with E-state index in [-0.39, 0.29) is 5.75 Å². The van der Waals surface area contributed by atoms with Gasteiger partial charge in [0, 0.05) is 19.7 Å². The van der Waals surface area contributed by atoms with Gasteiger partial charge in [-0.05, 0) is 32.0 Å². The topological polar surface area (TPSA) is 76.1 Å². The summed E-state index contributed by atoms with van der Waals surface area (Å²) in [5.41, 5.74) is 0.0998. The van der Waals surface area contributed by atoms with Crippen molar-refractivity contribution in [3.8, 4) is 11.5 Å². The van der Waals surface area contributed by atoms with Crippen molar-refractivity contribution in [2.45, 2.75) is 25.6 Å². The molecule has 0 radical (unpaired) electrons. The highest BCUT2D eigenvalue weighted by atomic mass is 32.2. The molecule has 0 spiro atoms. The molecule has 7 heteroatoms. The predicted molar refractivity (Wildman–Crippen MR) is 69.3 cm³/mol. The van der Waals surface area contributed by atoms with Crippen molar-refractivity contribution in [3.63, 3.8) is 0 Å². The molecule has 0 aromatic heterocycles. The fourth-order valence-corrected chi connectivity index (χ4v) is 2.26. The largest absolute Gasteiger partial charge is 0.464 e. The van der Waals surface area contributed by atoms with Crippen LogP contribution in [-0.2, 0) is 15.7 Å². The van der Waals surface area contributed by atoms with Crippen molar-refractivity contribution in [2.24, 2.45) is 0 Å². The lowest BCUT2D eigenvalue weighted by Crippen LogP contribution is -2.31. The Kier molecular flexibility index (Phi) is 3.24. The van der Waals surface area contributed by atoms with E-state index in [0.29, 0.717) is 11.3 Å². The van der Waals surface area contributed by atoms with Crippen molar-refractivity contribution in [3.05, 3.63) is 23.8 Å². The predicted octanol–water partition coefficient (Wildman–Crippen LogP) is 0.860. The highest BCUT2D eigenvalue weighted by Gasteiger charge is 2.41. The van der Waals surface area contributed by atoms with E-state index in [2.05, 4.69) is 0 Å². The van der Waals surface area contributed by atoms with Gasteiger partial charge in [-0.25, -0.2) is 0 Å². The molecule has 0 bridgehead atoms. The summed E-state index contributed by atoms with van der Waals surface area (Å²) in [5.74, 6) is 0.727. The number of hydrogen-bond donors (Lipinski definition) is 1. The monoisotopic (exact) mass is 287 g/mol. The molecule has 0 amide bonds. The van der Waals surface area contributed by atoms with Gasteiger partial charge in [0.25, 0.3) is 0 Å². The Hall–Kier alpha value is -1.31. The van der Waals surface area contributed by atoms with Gasteiger partial charge < -0.3 is 14.0 Å². The lowest BCUT2D eigenvalue weighted by Gasteiger charge is -2.21. The fraction of sp³-hybridized carbons (Fsp3) is 0.500. The first-order valence-corrected chi connectivity index (χ1v) is 7.12. The van der Waals surface area contributed by atoms with E-state index in [1.54, 1.807) is 12.1 Å². The summed E-state index contributed by atoms with van der Waals surface area (Å²) >= 11 is 0. The first-order chi connectivity index (χ1) is 8.64. The molecule has 19 heavy (non-hydrogen) atoms. The van der Waals surface area contributed by atoms with Crippen LogP contribution >= 0.6 is 0 Å². The van der Waals surface area contributed by atoms with E-state index >= 15 is 0 Å². The van der Waals surface area contributed by atoms with Crippen LogP contribution in [0, 0.1) is 0 Å². The highest BCUT2D eigenvalue weighted by Crippen LogP contribution is 2.43. The van der Waals surface area contributed by atoms with Gasteiger partial charge in [0.15, 0.2) is 0 Å². The van der Waals surface area contributed by atoms with E-state index in [0.717, 1.165) is 4.31 Å². The Morgan fingerprint density at radius 3 is 2.58 bits per heavy atom. The van der Waals surface area contributed by atoms with Crippen LogP contribution in [0.1, 0.15) is 19.4 Å². The Morgan fingerprint density at radius 2 is 2.00 bits per heavy atom. The van der Waals surface area contributed by atoms with E-state index < -0.39 is 22.0 Å². The van der Waals surface area contributed by atoms with Crippen LogP contribution in [0.25, 0.3) is 0 Å². The highest BCUT2D eigenvalue weighted by molar-refractivity contribution is 7.84. The average molecular weight is 287 g/mol. The molecule has 0 saturated carbocycles. The van der Waals surface area contributed by atoms with Gasteiger partial charge in [-0.1, -0.05) is 0 Å². The molecule has 1 aliphatic heterocycles. The normalized spacial score (nSPS) is 21.1. The molecule has 2 rings (SSSR count). The van der Waals surface area contributed by atoms with Crippen molar-refractivity contribution in [1.82, 2.24) is 4.31 Å². The van der Waals surface area contributed by atoms with Gasteiger partial charge in [0.2, 0.25) is 6.29 Å². The van der Waals surface area contributed by atoms with Gasteiger partial charge >= 0.3 is 10.3 Å². The number of benzene rings is 1. The molecule has 1 aliphatic rings. The van der Waals surface area contributed by atoms with Crippen LogP contribution in [0.2, 0.25) is 0 Å². The van der Waals surface area contributed by atoms with Gasteiger partial charge in [-0.3, -0.25) is 0 Å². The second-order valence-corrected chi connectivity index (χ2v) is 6.93. The average Bonchev–Trinajstić information content (AvgIpc) is 2.50. The summed E-state index contributed by atoms with van der Waals surface area (Å²) in [4.78, 5) is 0. The van der Waals surface area contributed by atoms with Crippen LogP contribution in [0.5, 0.6) is 11.5 Å². The minimum atomic E-state index is -3.79. The molecule has 0 aliphatic carbocycles. The first kappa shape index (κ1) is 14.1. The molecule has 6 nitrogen and oxygen atoms in total. The van der Waals surface area contributed by atoms with Crippen LogP contribution in [-0.4, -0.2) is 38.2 Å². The van der Waals surface area contributed by atoms with Crippen LogP contribution < -0.4 is 8.92 Å². The summed E-state index contributed by atoms with van der Waals surface area (Å²) in [6, 6.07) is 4.66. The summed E-state index contributed by atoms with van der Waals surface area (Å²) in [5, 5.41) is 9.80. The van der Waals surface area contributed by atoms with E-state index in [1.165, 1.54) is 20.2 Å². The molecular weight excluding hydrogens is 270 g/mol. The number of fused-ring (bicyclic) bond motifs is 1. The number of ether oxygens (including phenoxy) is 1. The molecule has 1 N–H and O–H groups in total. The van der Waals surface area contributed by atoms with Crippen LogP contribution in [0.3, 0.4) is 0 Å². The van der Waals surface area contributed by atoms with Crippen molar-refractivity contribution in [1.29, 1.82) is 0 Å². The molecule has 1 aromatic carbocycles. The van der Waals surface area contributed by atoms with Gasteiger partial charge in [0.05, 0.1) is 5.41 Å². The maximum Gasteiger partial charge on any atom is 0.384 e. The fourth-order valence-electron chi connectivity index (χ4n) is 1.76. The zero-order valence-corrected chi connectivity index (χ0v) is 12.1. The maximum atomic E-state index is 11.6. The third-order valence-corrected chi connectivity index (χ3v) is 4.45. The Balaban J connectivity index is 2.37. The summed E-state index contributed by atoms with van der Waals surface area (Å²) in [7, 11) is -1.01. The van der Waals surface area contributed by atoms with Crippen LogP contribution in [0.15, 0.2) is 18.2 Å². The second-order valence-electron chi connectivity index (χ2n) is 5.17. The summed E-state index contributed by atoms with van der Waals surface area (Å²) in [6.45, 7) is 3.63. The second kappa shape index (κ2) is 4.36. The number of aliphatic hydroxyl groups is 1. The van der Waals surface area contributed by atoms with Crippen molar-refractivity contribution >= 4 is 10.3 Å².